The minimum absolute atomic E-state index is 0.782. The first kappa shape index (κ1) is 12.5. The van der Waals surface area contributed by atoms with E-state index in [2.05, 4.69) is 10.5 Å². The molecule has 8 heteroatoms. The lowest BCUT2D eigenvalue weighted by molar-refractivity contribution is -0.378. The average Bonchev–Trinajstić information content (AvgIpc) is 1.82. The summed E-state index contributed by atoms with van der Waals surface area (Å²) < 4.78 is 74.4. The third kappa shape index (κ3) is 2.25. The number of ether oxygens (including phenoxy) is 1. The maximum Gasteiger partial charge on any atom is 0.440 e. The largest absolute Gasteiger partial charge is 0.440 e. The summed E-state index contributed by atoms with van der Waals surface area (Å²) in [5.74, 6) is 0. The zero-order valence-corrected chi connectivity index (χ0v) is 6.46. The van der Waals surface area contributed by atoms with Crippen LogP contribution in [0.2, 0.25) is 0 Å². The first-order valence-corrected chi connectivity index (χ1v) is 3.12. The highest BCUT2D eigenvalue weighted by molar-refractivity contribution is 4.89. The van der Waals surface area contributed by atoms with Gasteiger partial charge in [-0.25, -0.2) is 0 Å². The Labute approximate surface area is 69.6 Å². The van der Waals surface area contributed by atoms with Gasteiger partial charge in [0.2, 0.25) is 0 Å². The van der Waals surface area contributed by atoms with E-state index in [4.69, 9.17) is 0 Å². The normalized spacial score (nSPS) is 14.8. The van der Waals surface area contributed by atoms with E-state index in [1.54, 1.807) is 0 Å². The second-order valence-electron chi connectivity index (χ2n) is 2.16. The lowest BCUT2D eigenvalue weighted by Crippen LogP contribution is -2.65. The molecule has 0 spiro atoms. The van der Waals surface area contributed by atoms with Crippen molar-refractivity contribution in [2.75, 3.05) is 6.61 Å². The van der Waals surface area contributed by atoms with Gasteiger partial charge in [-0.15, -0.1) is 0 Å². The molecule has 0 amide bonds. The van der Waals surface area contributed by atoms with Gasteiger partial charge in [0.15, 0.2) is 0 Å². The molecule has 0 atom stereocenters. The number of hydrogen-bond acceptors (Lipinski definition) is 2. The molecule has 0 heterocycles. The van der Waals surface area contributed by atoms with Crippen LogP contribution in [0, 0.1) is 0 Å². The average molecular weight is 211 g/mol. The summed E-state index contributed by atoms with van der Waals surface area (Å²) in [7, 11) is 0. The van der Waals surface area contributed by atoms with Crippen molar-refractivity contribution < 1.29 is 31.1 Å². The molecule has 2 nitrogen and oxygen atoms in total. The molecule has 0 saturated carbocycles. The van der Waals surface area contributed by atoms with Crippen LogP contribution >= 0.6 is 0 Å². The summed E-state index contributed by atoms with van der Waals surface area (Å²) >= 11 is 0. The van der Waals surface area contributed by atoms with Crippen LogP contribution in [0.1, 0.15) is 6.92 Å². The number of hydrogen-bond donors (Lipinski definition) is 1. The van der Waals surface area contributed by atoms with E-state index in [0.717, 1.165) is 6.92 Å². The van der Waals surface area contributed by atoms with Crippen LogP contribution in [0.3, 0.4) is 0 Å². The standard InChI is InChI=1S/C5H7F6NO/c1-2-13-3(12,4(6,7)8)5(9,10)11/h2,12H2,1H3. The van der Waals surface area contributed by atoms with Crippen LogP contribution in [0.5, 0.6) is 0 Å². The van der Waals surface area contributed by atoms with Crippen LogP contribution in [0.4, 0.5) is 26.3 Å². The molecule has 2 N–H and O–H groups in total. The van der Waals surface area contributed by atoms with Crippen molar-refractivity contribution in [3.8, 4) is 0 Å². The van der Waals surface area contributed by atoms with Crippen molar-refractivity contribution in [1.29, 1.82) is 0 Å². The predicted molar refractivity (Wildman–Crippen MR) is 30.7 cm³/mol. The van der Waals surface area contributed by atoms with E-state index < -0.39 is 24.7 Å². The number of alkyl halides is 6. The molecule has 0 aliphatic rings. The molecule has 0 bridgehead atoms. The molecular weight excluding hydrogens is 204 g/mol. The van der Waals surface area contributed by atoms with Crippen molar-refractivity contribution in [3.63, 3.8) is 0 Å². The summed E-state index contributed by atoms with van der Waals surface area (Å²) in [6.45, 7) is 0.203. The highest BCUT2D eigenvalue weighted by Gasteiger charge is 2.70. The van der Waals surface area contributed by atoms with Crippen molar-refractivity contribution >= 4 is 0 Å². The van der Waals surface area contributed by atoms with Crippen LogP contribution in [-0.2, 0) is 4.74 Å². The Hall–Kier alpha value is -0.500. The van der Waals surface area contributed by atoms with Gasteiger partial charge >= 0.3 is 18.1 Å². The van der Waals surface area contributed by atoms with E-state index >= 15 is 0 Å². The van der Waals surface area contributed by atoms with Gasteiger partial charge in [-0.05, 0) is 6.92 Å². The van der Waals surface area contributed by atoms with E-state index in [-0.39, 0.29) is 0 Å². The molecule has 0 aromatic rings. The third-order valence-corrected chi connectivity index (χ3v) is 1.21. The molecule has 0 fully saturated rings. The van der Waals surface area contributed by atoms with Crippen molar-refractivity contribution in [3.05, 3.63) is 0 Å². The Kier molecular flexibility index (Phi) is 3.21. The highest BCUT2D eigenvalue weighted by Crippen LogP contribution is 2.41. The zero-order chi connectivity index (χ0) is 10.9. The Morgan fingerprint density at radius 3 is 1.38 bits per heavy atom. The monoisotopic (exact) mass is 211 g/mol. The fourth-order valence-corrected chi connectivity index (χ4v) is 0.552. The molecule has 0 unspecified atom stereocenters. The highest BCUT2D eigenvalue weighted by atomic mass is 19.4. The second kappa shape index (κ2) is 3.33. The van der Waals surface area contributed by atoms with Crippen molar-refractivity contribution in [1.82, 2.24) is 0 Å². The summed E-state index contributed by atoms with van der Waals surface area (Å²) in [5.41, 5.74) is -0.484. The summed E-state index contributed by atoms with van der Waals surface area (Å²) in [6.07, 6.45) is -11.4. The minimum Gasteiger partial charge on any atom is -0.345 e. The topological polar surface area (TPSA) is 35.2 Å². The van der Waals surface area contributed by atoms with Gasteiger partial charge in [-0.2, -0.15) is 26.3 Å². The molecule has 0 aliphatic carbocycles. The van der Waals surface area contributed by atoms with Crippen molar-refractivity contribution in [2.24, 2.45) is 5.73 Å². The summed E-state index contributed by atoms with van der Waals surface area (Å²) in [5, 5.41) is 0. The van der Waals surface area contributed by atoms with Gasteiger partial charge in [0, 0.05) is 6.61 Å². The van der Waals surface area contributed by atoms with Crippen LogP contribution in [0.15, 0.2) is 0 Å². The molecule has 0 radical (unpaired) electrons. The summed E-state index contributed by atoms with van der Waals surface area (Å²) in [4.78, 5) is 0. The van der Waals surface area contributed by atoms with Gasteiger partial charge < -0.3 is 4.74 Å². The first-order chi connectivity index (χ1) is 5.56. The predicted octanol–water partition coefficient (Wildman–Crippen LogP) is 1.80. The van der Waals surface area contributed by atoms with E-state index in [1.807, 2.05) is 0 Å². The Morgan fingerprint density at radius 1 is 1.00 bits per heavy atom. The van der Waals surface area contributed by atoms with Gasteiger partial charge in [0.25, 0.3) is 0 Å². The van der Waals surface area contributed by atoms with Gasteiger partial charge in [0.05, 0.1) is 0 Å². The maximum absolute atomic E-state index is 11.8. The number of rotatable bonds is 2. The Morgan fingerprint density at radius 2 is 1.31 bits per heavy atom. The van der Waals surface area contributed by atoms with E-state index in [1.165, 1.54) is 0 Å². The smallest absolute Gasteiger partial charge is 0.345 e. The third-order valence-electron chi connectivity index (χ3n) is 1.21. The van der Waals surface area contributed by atoms with Crippen LogP contribution < -0.4 is 5.73 Å². The van der Waals surface area contributed by atoms with Crippen molar-refractivity contribution in [2.45, 2.75) is 25.0 Å². The van der Waals surface area contributed by atoms with Gasteiger partial charge in [0.1, 0.15) is 0 Å². The van der Waals surface area contributed by atoms with Crippen LogP contribution in [-0.4, -0.2) is 24.7 Å². The molecule has 13 heavy (non-hydrogen) atoms. The molecule has 0 rings (SSSR count). The fraction of sp³-hybridized carbons (Fsp3) is 1.00. The lowest BCUT2D eigenvalue weighted by Gasteiger charge is -2.32. The van der Waals surface area contributed by atoms with E-state index in [0.29, 0.717) is 0 Å². The first-order valence-electron chi connectivity index (χ1n) is 3.12. The van der Waals surface area contributed by atoms with Gasteiger partial charge in [-0.3, -0.25) is 5.73 Å². The van der Waals surface area contributed by atoms with E-state index in [9.17, 15) is 26.3 Å². The lowest BCUT2D eigenvalue weighted by atomic mass is 10.2. The fourth-order valence-electron chi connectivity index (χ4n) is 0.552. The molecule has 80 valence electrons. The molecular formula is C5H7F6NO. The molecule has 0 saturated heterocycles. The second-order valence-corrected chi connectivity index (χ2v) is 2.16. The minimum atomic E-state index is -5.68. The quantitative estimate of drug-likeness (QED) is 0.558. The zero-order valence-electron chi connectivity index (χ0n) is 6.46. The SMILES string of the molecule is CCOC(N)(C(F)(F)F)C(F)(F)F. The maximum atomic E-state index is 11.8. The number of halogens is 6. The summed E-state index contributed by atoms with van der Waals surface area (Å²) in [6, 6.07) is 0. The molecule has 0 aliphatic heterocycles. The Bertz CT molecular complexity index is 159. The molecule has 0 aromatic carbocycles. The van der Waals surface area contributed by atoms with Crippen LogP contribution in [0.25, 0.3) is 0 Å². The number of nitrogens with two attached hydrogens (primary N) is 1. The Balaban J connectivity index is 4.96. The molecule has 0 aromatic heterocycles. The van der Waals surface area contributed by atoms with Gasteiger partial charge in [-0.1, -0.05) is 0 Å².